The van der Waals surface area contributed by atoms with E-state index in [9.17, 15) is 4.39 Å². The van der Waals surface area contributed by atoms with E-state index in [-0.39, 0.29) is 11.7 Å². The lowest BCUT2D eigenvalue weighted by Gasteiger charge is -2.16. The molecule has 2 aliphatic heterocycles. The summed E-state index contributed by atoms with van der Waals surface area (Å²) in [6, 6.07) is 19.6. The number of halogens is 1. The molecule has 2 N–H and O–H groups in total. The van der Waals surface area contributed by atoms with Gasteiger partial charge in [0, 0.05) is 59.5 Å². The van der Waals surface area contributed by atoms with Crippen molar-refractivity contribution in [1.29, 1.82) is 0 Å². The molecule has 0 aliphatic carbocycles. The van der Waals surface area contributed by atoms with Gasteiger partial charge < -0.3 is 24.2 Å². The van der Waals surface area contributed by atoms with Gasteiger partial charge >= 0.3 is 0 Å². The van der Waals surface area contributed by atoms with Crippen LogP contribution < -0.4 is 15.4 Å². The summed E-state index contributed by atoms with van der Waals surface area (Å²) in [6.07, 6.45) is 2.92. The second-order valence-electron chi connectivity index (χ2n) is 10.2. The Morgan fingerprint density at radius 2 is 1.73 bits per heavy atom. The Kier molecular flexibility index (Phi) is 5.71. The maximum absolute atomic E-state index is 13.7. The Morgan fingerprint density at radius 1 is 0.865 bits per heavy atom. The number of benzene rings is 3. The average Bonchev–Trinajstić information content (AvgIpc) is 3.21. The number of hydrogen-bond donors (Lipinski definition) is 2. The van der Waals surface area contributed by atoms with Gasteiger partial charge in [0.05, 0.1) is 6.54 Å². The summed E-state index contributed by atoms with van der Waals surface area (Å²) in [5.41, 5.74) is 6.36. The molecule has 0 spiro atoms. The van der Waals surface area contributed by atoms with Gasteiger partial charge in [-0.3, -0.25) is 0 Å². The van der Waals surface area contributed by atoms with Crippen molar-refractivity contribution < 1.29 is 18.0 Å². The van der Waals surface area contributed by atoms with Crippen LogP contribution in [0, 0.1) is 5.82 Å². The summed E-state index contributed by atoms with van der Waals surface area (Å²) in [5, 5.41) is 9.17. The zero-order chi connectivity index (χ0) is 24.8. The van der Waals surface area contributed by atoms with Gasteiger partial charge in [-0.05, 0) is 54.8 Å². The van der Waals surface area contributed by atoms with Crippen LogP contribution >= 0.6 is 0 Å². The molecule has 3 aromatic carbocycles. The maximum atomic E-state index is 13.7. The highest BCUT2D eigenvalue weighted by atomic mass is 19.1. The van der Waals surface area contributed by atoms with Crippen molar-refractivity contribution in [1.82, 2.24) is 10.6 Å². The topological polar surface area (TPSA) is 59.6 Å². The smallest absolute Gasteiger partial charge is 0.138 e. The van der Waals surface area contributed by atoms with Crippen molar-refractivity contribution in [3.05, 3.63) is 100 Å². The van der Waals surface area contributed by atoms with E-state index in [0.29, 0.717) is 18.7 Å². The monoisotopic (exact) mass is 496 g/mol. The summed E-state index contributed by atoms with van der Waals surface area (Å²) in [5.74, 6) is 2.83. The molecule has 188 valence electrons. The van der Waals surface area contributed by atoms with E-state index >= 15 is 0 Å². The zero-order valence-corrected chi connectivity index (χ0v) is 20.6. The Labute approximate surface area is 214 Å². The second kappa shape index (κ2) is 9.36. The maximum Gasteiger partial charge on any atom is 0.138 e. The minimum atomic E-state index is -0.271. The number of nitrogens with one attached hydrogen (secondary N) is 2. The third kappa shape index (κ3) is 4.30. The molecule has 7 rings (SSSR count). The summed E-state index contributed by atoms with van der Waals surface area (Å²) in [4.78, 5) is 0. The predicted octanol–water partition coefficient (Wildman–Crippen LogP) is 6.36. The minimum absolute atomic E-state index is 0.271. The molecule has 6 heteroatoms. The highest BCUT2D eigenvalue weighted by Crippen LogP contribution is 2.34. The van der Waals surface area contributed by atoms with Crippen molar-refractivity contribution in [3.63, 3.8) is 0 Å². The van der Waals surface area contributed by atoms with Crippen LogP contribution in [-0.4, -0.2) is 13.1 Å². The molecule has 0 amide bonds. The third-order valence-electron chi connectivity index (χ3n) is 7.70. The number of aryl methyl sites for hydroxylation is 1. The lowest BCUT2D eigenvalue weighted by molar-refractivity contribution is 0.306. The van der Waals surface area contributed by atoms with Crippen LogP contribution in [0.25, 0.3) is 21.9 Å². The molecule has 0 radical (unpaired) electrons. The molecule has 0 saturated heterocycles. The van der Waals surface area contributed by atoms with E-state index in [1.165, 1.54) is 34.2 Å². The summed E-state index contributed by atoms with van der Waals surface area (Å²) < 4.78 is 32.1. The average molecular weight is 497 g/mol. The summed E-state index contributed by atoms with van der Waals surface area (Å²) in [6.45, 7) is 3.88. The molecule has 0 bridgehead atoms. The van der Waals surface area contributed by atoms with Crippen LogP contribution in [0.15, 0.2) is 69.5 Å². The van der Waals surface area contributed by atoms with Gasteiger partial charge in [-0.1, -0.05) is 24.3 Å². The first kappa shape index (κ1) is 22.6. The fourth-order valence-corrected chi connectivity index (χ4v) is 5.81. The molecule has 0 fully saturated rings. The van der Waals surface area contributed by atoms with Gasteiger partial charge in [-0.15, -0.1) is 0 Å². The van der Waals surface area contributed by atoms with Gasteiger partial charge in [-0.25, -0.2) is 4.39 Å². The van der Waals surface area contributed by atoms with Crippen LogP contribution in [0.2, 0.25) is 0 Å². The predicted molar refractivity (Wildman–Crippen MR) is 141 cm³/mol. The van der Waals surface area contributed by atoms with E-state index < -0.39 is 0 Å². The number of ether oxygens (including phenoxy) is 1. The molecule has 2 aromatic heterocycles. The Hall–Kier alpha value is -3.61. The number of furan rings is 2. The van der Waals surface area contributed by atoms with Crippen molar-refractivity contribution >= 4 is 21.9 Å². The SMILES string of the molecule is Fc1ccc2c3c(oc2c1)CNCC(c1cccc(COc2ccc4c5c(oc4c2)CCCNC5)c1)C3. The fourth-order valence-electron chi connectivity index (χ4n) is 5.81. The summed E-state index contributed by atoms with van der Waals surface area (Å²) >= 11 is 0. The van der Waals surface area contributed by atoms with Gasteiger partial charge in [0.15, 0.2) is 0 Å². The quantitative estimate of drug-likeness (QED) is 0.303. The molecule has 4 heterocycles. The molecule has 0 saturated carbocycles. The van der Waals surface area contributed by atoms with E-state index in [1.54, 1.807) is 0 Å². The van der Waals surface area contributed by atoms with Crippen molar-refractivity contribution in [2.75, 3.05) is 13.1 Å². The van der Waals surface area contributed by atoms with E-state index in [2.05, 4.69) is 41.0 Å². The molecule has 5 nitrogen and oxygen atoms in total. The zero-order valence-electron chi connectivity index (χ0n) is 20.6. The minimum Gasteiger partial charge on any atom is -0.489 e. The van der Waals surface area contributed by atoms with E-state index in [1.807, 2.05) is 18.2 Å². The molecule has 5 aromatic rings. The van der Waals surface area contributed by atoms with Crippen LogP contribution in [0.5, 0.6) is 5.75 Å². The van der Waals surface area contributed by atoms with Crippen LogP contribution in [0.1, 0.15) is 46.1 Å². The lowest BCUT2D eigenvalue weighted by Crippen LogP contribution is -2.19. The van der Waals surface area contributed by atoms with Crippen molar-refractivity contribution in [2.45, 2.75) is 44.9 Å². The van der Waals surface area contributed by atoms with Crippen LogP contribution in [-0.2, 0) is 32.5 Å². The molecule has 1 atom stereocenters. The highest BCUT2D eigenvalue weighted by Gasteiger charge is 2.24. The van der Waals surface area contributed by atoms with Crippen LogP contribution in [0.4, 0.5) is 4.39 Å². The number of rotatable bonds is 4. The van der Waals surface area contributed by atoms with Crippen molar-refractivity contribution in [3.8, 4) is 5.75 Å². The lowest BCUT2D eigenvalue weighted by atomic mass is 9.90. The first-order valence-corrected chi connectivity index (χ1v) is 13.1. The molecular weight excluding hydrogens is 467 g/mol. The highest BCUT2D eigenvalue weighted by molar-refractivity contribution is 5.84. The number of fused-ring (bicyclic) bond motifs is 6. The molecule has 1 unspecified atom stereocenters. The van der Waals surface area contributed by atoms with Crippen LogP contribution in [0.3, 0.4) is 0 Å². The first-order chi connectivity index (χ1) is 18.2. The second-order valence-corrected chi connectivity index (χ2v) is 10.2. The molecule has 2 aliphatic rings. The molecule has 37 heavy (non-hydrogen) atoms. The van der Waals surface area contributed by atoms with Gasteiger partial charge in [0.2, 0.25) is 0 Å². The largest absolute Gasteiger partial charge is 0.489 e. The van der Waals surface area contributed by atoms with Gasteiger partial charge in [0.1, 0.15) is 40.9 Å². The van der Waals surface area contributed by atoms with Gasteiger partial charge in [-0.2, -0.15) is 0 Å². The number of hydrogen-bond acceptors (Lipinski definition) is 5. The standard InChI is InChI=1S/C31H29FN2O3/c32-22-6-8-24-26-12-21(15-34-17-31(26)37-29(24)13-22)20-4-1-3-19(11-20)18-35-23-7-9-25-27-16-33-10-2-5-28(27)36-30(25)14-23/h1,3-4,6-9,11,13-14,21,33-34H,2,5,10,12,15-18H2. The van der Waals surface area contributed by atoms with E-state index in [0.717, 1.165) is 72.7 Å². The Morgan fingerprint density at radius 3 is 2.70 bits per heavy atom. The fraction of sp³-hybridized carbons (Fsp3) is 0.290. The third-order valence-corrected chi connectivity index (χ3v) is 7.70. The van der Waals surface area contributed by atoms with Gasteiger partial charge in [0.25, 0.3) is 0 Å². The normalized spacial score (nSPS) is 17.8. The Balaban J connectivity index is 1.09. The van der Waals surface area contributed by atoms with Crippen molar-refractivity contribution in [2.24, 2.45) is 0 Å². The van der Waals surface area contributed by atoms with E-state index in [4.69, 9.17) is 13.6 Å². The summed E-state index contributed by atoms with van der Waals surface area (Å²) in [7, 11) is 0. The Bertz CT molecular complexity index is 1600. The first-order valence-electron chi connectivity index (χ1n) is 13.1. The molecular formula is C31H29FN2O3.